The summed E-state index contributed by atoms with van der Waals surface area (Å²) >= 11 is 1.50. The summed E-state index contributed by atoms with van der Waals surface area (Å²) in [7, 11) is 3.48. The van der Waals surface area contributed by atoms with E-state index in [0.29, 0.717) is 40.7 Å². The average molecular weight is 877 g/mol. The first-order valence-corrected chi connectivity index (χ1v) is 22.1. The molecule has 64 heavy (non-hydrogen) atoms. The van der Waals surface area contributed by atoms with E-state index in [2.05, 4.69) is 57.3 Å². The fraction of sp³-hybridized carbons (Fsp3) is 0.220. The number of hydrogen-bond donors (Lipinski definition) is 4. The van der Waals surface area contributed by atoms with E-state index in [0.717, 1.165) is 28.7 Å². The zero-order valence-electron chi connectivity index (χ0n) is 35.8. The summed E-state index contributed by atoms with van der Waals surface area (Å²) in [5.41, 5.74) is 4.50. The third-order valence-corrected chi connectivity index (χ3v) is 12.7. The first kappa shape index (κ1) is 43.3. The van der Waals surface area contributed by atoms with Gasteiger partial charge in [0.2, 0.25) is 6.20 Å². The number of aromatic nitrogens is 2. The smallest absolute Gasteiger partial charge is 0.355 e. The number of β-lactam (4-membered cyclic amide) rings is 1. The number of para-hydroxylation sites is 1. The van der Waals surface area contributed by atoms with Crippen molar-refractivity contribution in [2.45, 2.75) is 43.5 Å². The Balaban J connectivity index is 1.20. The molecule has 2 aliphatic heterocycles. The Morgan fingerprint density at radius 3 is 2.09 bits per heavy atom. The van der Waals surface area contributed by atoms with Gasteiger partial charge in [-0.1, -0.05) is 122 Å². The van der Waals surface area contributed by atoms with Gasteiger partial charge in [0.15, 0.2) is 24.1 Å². The van der Waals surface area contributed by atoms with Crippen LogP contribution < -0.4 is 25.4 Å². The van der Waals surface area contributed by atoms with Crippen LogP contribution in [0.5, 0.6) is 11.5 Å². The maximum Gasteiger partial charge on any atom is 0.355 e. The number of esters is 1. The molecule has 8 rings (SSSR count). The number of anilines is 2. The lowest BCUT2D eigenvalue weighted by molar-refractivity contribution is -0.765. The van der Waals surface area contributed by atoms with Crippen LogP contribution in [0.25, 0.3) is 0 Å². The van der Waals surface area contributed by atoms with E-state index in [1.54, 1.807) is 43.5 Å². The summed E-state index contributed by atoms with van der Waals surface area (Å²) in [6, 6.07) is 43.4. The minimum atomic E-state index is -0.941. The van der Waals surface area contributed by atoms with Gasteiger partial charge < -0.3 is 25.2 Å². The van der Waals surface area contributed by atoms with Crippen LogP contribution in [0.4, 0.5) is 16.3 Å². The molecular formula is C50H50N7O6S+. The standard InChI is InChI=1S/C50H49N7O6S/c1-4-28-51-49(61)53-41-31-56(55(2)45(41)54-50(37-17-8-5-9-18-37,38-19-10-6-11-20-38)39-21-12-7-13-22-39)30-36-33-64-47-43(52-29-35-16-14-15-23-42(35)58)46(59)57(47)44(36)48(60)63-32-34-24-26-40(62-3)27-25-34/h5-27,29,31,43,47H,4,28,30,32-33H2,1-3H3,(H3,51,52,53,58,61)/p+1/t43-,47-/m1/s1. The van der Waals surface area contributed by atoms with E-state index in [1.165, 1.54) is 22.9 Å². The Morgan fingerprint density at radius 2 is 1.50 bits per heavy atom. The minimum absolute atomic E-state index is 0.0266. The number of carbonyl (C=O) groups excluding carboxylic acids is 3. The van der Waals surface area contributed by atoms with Gasteiger partial charge in [0.05, 0.1) is 14.2 Å². The van der Waals surface area contributed by atoms with Crippen LogP contribution in [0.15, 0.2) is 162 Å². The van der Waals surface area contributed by atoms with Crippen LogP contribution >= 0.6 is 11.8 Å². The molecule has 14 heteroatoms. The first-order chi connectivity index (χ1) is 31.2. The Hall–Kier alpha value is -7.32. The van der Waals surface area contributed by atoms with Crippen molar-refractivity contribution in [3.05, 3.63) is 185 Å². The van der Waals surface area contributed by atoms with Crippen molar-refractivity contribution < 1.29 is 33.6 Å². The number of carbonyl (C=O) groups is 3. The number of benzene rings is 5. The zero-order valence-corrected chi connectivity index (χ0v) is 36.6. The molecule has 3 heterocycles. The number of phenolic OH excluding ortho intramolecular Hbond substituents is 1. The zero-order chi connectivity index (χ0) is 44.6. The number of ether oxygens (including phenoxy) is 2. The number of fused-ring (bicyclic) bond motifs is 1. The van der Waals surface area contributed by atoms with Crippen molar-refractivity contribution >= 4 is 47.4 Å². The Bertz CT molecular complexity index is 2580. The van der Waals surface area contributed by atoms with Gasteiger partial charge in [0.1, 0.15) is 34.7 Å². The predicted molar refractivity (Wildman–Crippen MR) is 248 cm³/mol. The van der Waals surface area contributed by atoms with E-state index < -0.39 is 22.9 Å². The number of nitrogens with zero attached hydrogens (tertiary/aromatic N) is 4. The molecule has 0 bridgehead atoms. The molecule has 0 unspecified atom stereocenters. The lowest BCUT2D eigenvalue weighted by atomic mass is 9.77. The number of urea groups is 1. The molecule has 13 nitrogen and oxygen atoms in total. The molecule has 0 saturated carbocycles. The number of amides is 3. The van der Waals surface area contributed by atoms with Crippen LogP contribution in [0.3, 0.4) is 0 Å². The molecule has 1 fully saturated rings. The third-order valence-electron chi connectivity index (χ3n) is 11.4. The molecule has 1 aromatic heterocycles. The van der Waals surface area contributed by atoms with Gasteiger partial charge in [-0.3, -0.25) is 20.0 Å². The van der Waals surface area contributed by atoms with Crippen LogP contribution in [0.2, 0.25) is 0 Å². The number of hydrogen-bond acceptors (Lipinski definition) is 9. The second-order valence-corrected chi connectivity index (χ2v) is 16.5. The number of aliphatic imine (C=N–C) groups is 1. The molecule has 3 amide bonds. The monoisotopic (exact) mass is 876 g/mol. The van der Waals surface area contributed by atoms with E-state index in [-0.39, 0.29) is 36.5 Å². The Morgan fingerprint density at radius 1 is 0.891 bits per heavy atom. The Kier molecular flexibility index (Phi) is 13.1. The third kappa shape index (κ3) is 8.82. The molecule has 326 valence electrons. The van der Waals surface area contributed by atoms with E-state index >= 15 is 0 Å². The SMILES string of the molecule is CCCNC(=O)Nc1c[n+](CC2=C(C(=O)OCc3ccc(OC)cc3)N3C(=O)[C@@H](N=Cc4ccccc4O)[C@H]3SC2)n(C)c1NC(c1ccccc1)(c1ccccc1)c1ccccc1. The van der Waals surface area contributed by atoms with Gasteiger partial charge >= 0.3 is 12.0 Å². The molecule has 0 aliphatic carbocycles. The largest absolute Gasteiger partial charge is 0.507 e. The number of rotatable bonds is 16. The summed E-state index contributed by atoms with van der Waals surface area (Å²) in [6.07, 6.45) is 4.09. The molecule has 6 aromatic rings. The van der Waals surface area contributed by atoms with Gasteiger partial charge in [-0.25, -0.2) is 9.59 Å². The van der Waals surface area contributed by atoms with Gasteiger partial charge in [-0.15, -0.1) is 21.1 Å². The molecule has 2 aliphatic rings. The highest BCUT2D eigenvalue weighted by Crippen LogP contribution is 2.44. The van der Waals surface area contributed by atoms with Crippen molar-refractivity contribution in [1.29, 1.82) is 0 Å². The van der Waals surface area contributed by atoms with Crippen molar-refractivity contribution in [2.24, 2.45) is 12.0 Å². The van der Waals surface area contributed by atoms with Crippen molar-refractivity contribution in [3.8, 4) is 11.5 Å². The number of nitrogens with one attached hydrogen (secondary N) is 3. The van der Waals surface area contributed by atoms with E-state index in [1.807, 2.05) is 96.3 Å². The summed E-state index contributed by atoms with van der Waals surface area (Å²) in [6.45, 7) is 2.61. The van der Waals surface area contributed by atoms with Crippen LogP contribution in [-0.4, -0.2) is 69.6 Å². The van der Waals surface area contributed by atoms with E-state index in [4.69, 9.17) is 9.47 Å². The predicted octanol–water partition coefficient (Wildman–Crippen LogP) is 7.36. The highest BCUT2D eigenvalue weighted by Gasteiger charge is 2.54. The number of thioether (sulfide) groups is 1. The molecule has 1 saturated heterocycles. The van der Waals surface area contributed by atoms with Gasteiger partial charge in [-0.2, -0.15) is 0 Å². The quantitative estimate of drug-likeness (QED) is 0.0259. The maximum atomic E-state index is 14.3. The molecule has 2 atom stereocenters. The van der Waals surface area contributed by atoms with Gasteiger partial charge in [0.25, 0.3) is 5.91 Å². The first-order valence-electron chi connectivity index (χ1n) is 21.1. The van der Waals surface area contributed by atoms with Gasteiger partial charge in [0, 0.05) is 29.6 Å². The normalized spacial score (nSPS) is 15.9. The fourth-order valence-electron chi connectivity index (χ4n) is 8.02. The average Bonchev–Trinajstić information content (AvgIpc) is 3.61. The summed E-state index contributed by atoms with van der Waals surface area (Å²) in [5, 5.41) is 19.8. The highest BCUT2D eigenvalue weighted by molar-refractivity contribution is 8.00. The molecular weight excluding hydrogens is 827 g/mol. The topological polar surface area (TPSA) is 150 Å². The fourth-order valence-corrected chi connectivity index (χ4v) is 9.35. The molecule has 4 N–H and O–H groups in total. The Labute approximate surface area is 376 Å². The highest BCUT2D eigenvalue weighted by atomic mass is 32.2. The van der Waals surface area contributed by atoms with Crippen molar-refractivity contribution in [1.82, 2.24) is 14.9 Å². The van der Waals surface area contributed by atoms with Crippen LogP contribution in [0.1, 0.15) is 41.2 Å². The lowest BCUT2D eigenvalue weighted by Gasteiger charge is -2.47. The van der Waals surface area contributed by atoms with Crippen molar-refractivity contribution in [3.63, 3.8) is 0 Å². The number of methoxy groups -OCH3 is 1. The van der Waals surface area contributed by atoms with Crippen LogP contribution in [-0.2, 0) is 40.1 Å². The van der Waals surface area contributed by atoms with Gasteiger partial charge in [-0.05, 0) is 52.9 Å². The van der Waals surface area contributed by atoms with E-state index in [9.17, 15) is 19.5 Å². The summed E-state index contributed by atoms with van der Waals surface area (Å²) in [5.74, 6) is 0.696. The molecule has 5 aromatic carbocycles. The van der Waals surface area contributed by atoms with Crippen LogP contribution in [0, 0.1) is 0 Å². The lowest BCUT2D eigenvalue weighted by Crippen LogP contribution is -2.64. The molecule has 0 spiro atoms. The minimum Gasteiger partial charge on any atom is -0.507 e. The second-order valence-electron chi connectivity index (χ2n) is 15.4. The summed E-state index contributed by atoms with van der Waals surface area (Å²) in [4.78, 5) is 47.9. The summed E-state index contributed by atoms with van der Waals surface area (Å²) < 4.78 is 15.1. The number of aromatic hydroxyl groups is 1. The van der Waals surface area contributed by atoms with Crippen molar-refractivity contribution in [2.75, 3.05) is 30.0 Å². The molecule has 0 radical (unpaired) electrons. The number of phenols is 1. The maximum absolute atomic E-state index is 14.3. The second kappa shape index (κ2) is 19.4.